The summed E-state index contributed by atoms with van der Waals surface area (Å²) in [7, 11) is 0. The second kappa shape index (κ2) is 9.28. The number of carbonyl (C=O) groups excluding carboxylic acids is 1. The van der Waals surface area contributed by atoms with Gasteiger partial charge < -0.3 is 5.73 Å². The molecule has 28 heavy (non-hydrogen) atoms. The lowest BCUT2D eigenvalue weighted by Crippen LogP contribution is -2.48. The first kappa shape index (κ1) is 22.7. The Bertz CT molecular complexity index is 659. The van der Waals surface area contributed by atoms with Crippen LogP contribution in [0.2, 0.25) is 0 Å². The van der Waals surface area contributed by atoms with Gasteiger partial charge in [-0.3, -0.25) is 0 Å². The van der Waals surface area contributed by atoms with E-state index in [1.54, 1.807) is 5.57 Å². The number of rotatable bonds is 7. The zero-order valence-corrected chi connectivity index (χ0v) is 18.9. The third-order valence-corrected chi connectivity index (χ3v) is 7.48. The maximum atomic E-state index is 10.7. The number of primary amides is 1. The highest BCUT2D eigenvalue weighted by molar-refractivity contribution is 5.83. The number of allylic oxidation sites excluding steroid dienone is 4. The van der Waals surface area contributed by atoms with Gasteiger partial charge in [0.05, 0.1) is 0 Å². The van der Waals surface area contributed by atoms with Crippen molar-refractivity contribution in [1.29, 1.82) is 0 Å². The number of nitrogens with two attached hydrogens (primary N) is 1. The summed E-state index contributed by atoms with van der Waals surface area (Å²) >= 11 is 0. The lowest BCUT2D eigenvalue weighted by molar-refractivity contribution is -0.0390. The molecule has 0 radical (unpaired) electrons. The van der Waals surface area contributed by atoms with Gasteiger partial charge in [-0.1, -0.05) is 50.5 Å². The summed E-state index contributed by atoms with van der Waals surface area (Å²) in [5.74, 6) is 1.51. The monoisotopic (exact) mass is 387 g/mol. The molecule has 1 fully saturated rings. The van der Waals surface area contributed by atoms with Crippen LogP contribution in [-0.2, 0) is 0 Å². The number of fused-ring (bicyclic) bond motifs is 1. The molecule has 0 aromatic carbocycles. The maximum absolute atomic E-state index is 10.7. The van der Waals surface area contributed by atoms with Crippen molar-refractivity contribution in [2.75, 3.05) is 0 Å². The van der Waals surface area contributed by atoms with Crippen molar-refractivity contribution in [2.24, 2.45) is 33.5 Å². The first-order valence-corrected chi connectivity index (χ1v) is 11.0. The fourth-order valence-electron chi connectivity index (χ4n) is 5.90. The summed E-state index contributed by atoms with van der Waals surface area (Å²) in [5, 5.41) is 3.97. The van der Waals surface area contributed by atoms with Crippen LogP contribution in [0.3, 0.4) is 0 Å². The molecule has 158 valence electrons. The zero-order valence-electron chi connectivity index (χ0n) is 18.9. The highest BCUT2D eigenvalue weighted by atomic mass is 16.2. The number of urea groups is 1. The van der Waals surface area contributed by atoms with Crippen molar-refractivity contribution in [1.82, 2.24) is 5.43 Å². The quantitative estimate of drug-likeness (QED) is 0.299. The summed E-state index contributed by atoms with van der Waals surface area (Å²) in [6.07, 6.45) is 14.5. The van der Waals surface area contributed by atoms with Crippen LogP contribution in [0, 0.1) is 22.7 Å². The van der Waals surface area contributed by atoms with Crippen LogP contribution in [0.5, 0.6) is 0 Å². The Morgan fingerprint density at radius 2 is 2.00 bits per heavy atom. The zero-order chi connectivity index (χ0) is 20.9. The van der Waals surface area contributed by atoms with Crippen molar-refractivity contribution in [3.8, 4) is 0 Å². The minimum Gasteiger partial charge on any atom is -0.350 e. The van der Waals surface area contributed by atoms with Gasteiger partial charge in [0.2, 0.25) is 0 Å². The van der Waals surface area contributed by atoms with Crippen LogP contribution in [0.25, 0.3) is 0 Å². The number of hydrogen-bond donors (Lipinski definition) is 2. The Morgan fingerprint density at radius 3 is 2.68 bits per heavy atom. The van der Waals surface area contributed by atoms with E-state index in [1.165, 1.54) is 37.7 Å². The van der Waals surface area contributed by atoms with Crippen molar-refractivity contribution in [3.63, 3.8) is 0 Å². The molecule has 3 atom stereocenters. The van der Waals surface area contributed by atoms with Gasteiger partial charge in [0.25, 0.3) is 0 Å². The average Bonchev–Trinajstić information content (AvgIpc) is 2.58. The van der Waals surface area contributed by atoms with Gasteiger partial charge in [0.1, 0.15) is 0 Å². The Morgan fingerprint density at radius 1 is 1.29 bits per heavy atom. The first-order chi connectivity index (χ1) is 13.1. The van der Waals surface area contributed by atoms with Crippen molar-refractivity contribution in [3.05, 3.63) is 23.3 Å². The van der Waals surface area contributed by atoms with Crippen LogP contribution in [-0.4, -0.2) is 11.7 Å². The normalized spacial score (nSPS) is 30.4. The molecule has 0 aromatic rings. The second-order valence-electron chi connectivity index (χ2n) is 10.1. The Balaban J connectivity index is 1.95. The Labute approximate surface area is 172 Å². The molecular weight excluding hydrogens is 346 g/mol. The molecule has 0 unspecified atom stereocenters. The number of amides is 2. The molecule has 0 aliphatic heterocycles. The molecule has 3 N–H and O–H groups in total. The van der Waals surface area contributed by atoms with Crippen LogP contribution in [0.4, 0.5) is 4.79 Å². The van der Waals surface area contributed by atoms with E-state index < -0.39 is 6.03 Å². The molecular formula is C24H41N3O. The van der Waals surface area contributed by atoms with Crippen molar-refractivity contribution >= 4 is 11.7 Å². The lowest BCUT2D eigenvalue weighted by atomic mass is 9.48. The Hall–Kier alpha value is -1.58. The number of carbonyl (C=O) groups is 1. The highest BCUT2D eigenvalue weighted by Gasteiger charge is 2.51. The van der Waals surface area contributed by atoms with E-state index in [-0.39, 0.29) is 0 Å². The lowest BCUT2D eigenvalue weighted by Gasteiger charge is -2.57. The second-order valence-corrected chi connectivity index (χ2v) is 10.1. The average molecular weight is 388 g/mol. The van der Waals surface area contributed by atoms with Gasteiger partial charge in [-0.05, 0) is 88.4 Å². The van der Waals surface area contributed by atoms with Gasteiger partial charge in [-0.15, -0.1) is 0 Å². The van der Waals surface area contributed by atoms with Crippen LogP contribution in [0.15, 0.2) is 28.4 Å². The molecule has 0 saturated heterocycles. The summed E-state index contributed by atoms with van der Waals surface area (Å²) in [4.78, 5) is 10.7. The van der Waals surface area contributed by atoms with Gasteiger partial charge in [-0.25, -0.2) is 10.2 Å². The van der Waals surface area contributed by atoms with Crippen LogP contribution in [0.1, 0.15) is 92.9 Å². The number of nitrogens with one attached hydrogen (secondary N) is 1. The molecule has 1 saturated carbocycles. The standard InChI is InChI=1S/C24H41N3O/c1-17(9-7-10-19(3)26-27-22(25)28)11-13-20-18(2)12-14-21-23(4,5)15-8-16-24(20,21)6/h9,12,20-21H,7-8,10-11,13-16H2,1-6H3,(H3,25,27,28)/b17-9+,26-19-/t20-,21+,24-/m0/s1. The fraction of sp³-hybridized carbons (Fsp3) is 0.750. The minimum atomic E-state index is -0.611. The molecule has 2 amide bonds. The van der Waals surface area contributed by atoms with E-state index in [2.05, 4.69) is 57.3 Å². The fourth-order valence-corrected chi connectivity index (χ4v) is 5.90. The van der Waals surface area contributed by atoms with Crippen molar-refractivity contribution in [2.45, 2.75) is 92.9 Å². The number of nitrogens with zero attached hydrogens (tertiary/aromatic N) is 1. The molecule has 0 spiro atoms. The van der Waals surface area contributed by atoms with Gasteiger partial charge >= 0.3 is 6.03 Å². The maximum Gasteiger partial charge on any atom is 0.332 e. The summed E-state index contributed by atoms with van der Waals surface area (Å²) in [5.41, 5.74) is 12.2. The van der Waals surface area contributed by atoms with E-state index in [0.717, 1.165) is 30.9 Å². The molecule has 2 aliphatic rings. The van der Waals surface area contributed by atoms with E-state index >= 15 is 0 Å². The molecule has 0 heterocycles. The third kappa shape index (κ3) is 5.48. The van der Waals surface area contributed by atoms with Crippen molar-refractivity contribution < 1.29 is 4.79 Å². The van der Waals surface area contributed by atoms with E-state index in [0.29, 0.717) is 16.7 Å². The third-order valence-electron chi connectivity index (χ3n) is 7.48. The van der Waals surface area contributed by atoms with Gasteiger partial charge in [0.15, 0.2) is 0 Å². The van der Waals surface area contributed by atoms with Gasteiger partial charge in [-0.2, -0.15) is 5.10 Å². The SMILES string of the molecule is CC1=CC[C@@H]2C(C)(C)CCC[C@@]2(C)[C@H]1CC/C(C)=C/CC/C(C)=N\NC(N)=O. The minimum absolute atomic E-state index is 0.449. The first-order valence-electron chi connectivity index (χ1n) is 11.0. The van der Waals surface area contributed by atoms with Gasteiger partial charge in [0, 0.05) is 5.71 Å². The summed E-state index contributed by atoms with van der Waals surface area (Å²) in [6.45, 7) is 14.1. The molecule has 4 heteroatoms. The number of hydrogen-bond acceptors (Lipinski definition) is 2. The van der Waals surface area contributed by atoms with E-state index in [4.69, 9.17) is 5.73 Å². The Kier molecular flexibility index (Phi) is 7.52. The molecule has 0 aromatic heterocycles. The predicted molar refractivity (Wildman–Crippen MR) is 119 cm³/mol. The predicted octanol–water partition coefficient (Wildman–Crippen LogP) is 6.34. The molecule has 2 rings (SSSR count). The van der Waals surface area contributed by atoms with Crippen LogP contribution < -0.4 is 11.2 Å². The smallest absolute Gasteiger partial charge is 0.332 e. The highest BCUT2D eigenvalue weighted by Crippen LogP contribution is 2.60. The van der Waals surface area contributed by atoms with E-state index in [9.17, 15) is 4.79 Å². The molecule has 2 aliphatic carbocycles. The molecule has 0 bridgehead atoms. The number of hydrazone groups is 1. The summed E-state index contributed by atoms with van der Waals surface area (Å²) < 4.78 is 0. The summed E-state index contributed by atoms with van der Waals surface area (Å²) in [6, 6.07) is -0.611. The topological polar surface area (TPSA) is 67.5 Å². The van der Waals surface area contributed by atoms with Crippen LogP contribution >= 0.6 is 0 Å². The van der Waals surface area contributed by atoms with E-state index in [1.807, 2.05) is 6.92 Å². The molecule has 4 nitrogen and oxygen atoms in total. The largest absolute Gasteiger partial charge is 0.350 e.